The van der Waals surface area contributed by atoms with Crippen molar-refractivity contribution in [1.29, 1.82) is 0 Å². The second-order valence-electron chi connectivity index (χ2n) is 5.73. The minimum Gasteiger partial charge on any atom is -0.274 e. The van der Waals surface area contributed by atoms with E-state index >= 15 is 0 Å². The van der Waals surface area contributed by atoms with E-state index in [0.717, 1.165) is 22.5 Å². The van der Waals surface area contributed by atoms with Gasteiger partial charge in [0.2, 0.25) is 10.6 Å². The van der Waals surface area contributed by atoms with E-state index in [1.54, 1.807) is 10.9 Å². The van der Waals surface area contributed by atoms with E-state index < -0.39 is 0 Å². The van der Waals surface area contributed by atoms with Gasteiger partial charge in [-0.1, -0.05) is 66.7 Å². The van der Waals surface area contributed by atoms with Gasteiger partial charge in [0.05, 0.1) is 5.69 Å². The first kappa shape index (κ1) is 16.9. The first-order chi connectivity index (χ1) is 13.3. The molecule has 0 aliphatic rings. The van der Waals surface area contributed by atoms with Crippen LogP contribution in [0.25, 0.3) is 28.9 Å². The summed E-state index contributed by atoms with van der Waals surface area (Å²) in [6, 6.07) is 21.9. The number of rotatable bonds is 5. The van der Waals surface area contributed by atoms with Gasteiger partial charge in [0, 0.05) is 11.8 Å². The standard InChI is InChI=1S/C20H16N6S/c27-20-25-24-19(18-14-17(22-23-18)16-11-5-2-6-12-16)26(20)21-13-7-10-15-8-3-1-4-9-15/h1-14H,(H,22,23)(H,25,27). The van der Waals surface area contributed by atoms with Crippen LogP contribution in [-0.2, 0) is 0 Å². The number of hydrogen-bond acceptors (Lipinski definition) is 4. The Labute approximate surface area is 160 Å². The molecule has 0 aliphatic carbocycles. The van der Waals surface area contributed by atoms with Crippen molar-refractivity contribution in [3.63, 3.8) is 0 Å². The summed E-state index contributed by atoms with van der Waals surface area (Å²) in [7, 11) is 0. The van der Waals surface area contributed by atoms with Crippen LogP contribution in [0.15, 0.2) is 77.9 Å². The Balaban J connectivity index is 1.59. The second kappa shape index (κ2) is 7.76. The molecule has 2 aromatic carbocycles. The highest BCUT2D eigenvalue weighted by Gasteiger charge is 2.12. The summed E-state index contributed by atoms with van der Waals surface area (Å²) >= 11 is 5.29. The van der Waals surface area contributed by atoms with E-state index in [1.807, 2.05) is 78.9 Å². The van der Waals surface area contributed by atoms with Crippen LogP contribution >= 0.6 is 12.2 Å². The molecule has 0 radical (unpaired) electrons. The molecule has 0 amide bonds. The van der Waals surface area contributed by atoms with Crippen LogP contribution in [0.5, 0.6) is 0 Å². The van der Waals surface area contributed by atoms with Gasteiger partial charge in [0.25, 0.3) is 0 Å². The molecular weight excluding hydrogens is 356 g/mol. The number of aromatic amines is 2. The van der Waals surface area contributed by atoms with E-state index in [2.05, 4.69) is 25.5 Å². The van der Waals surface area contributed by atoms with Gasteiger partial charge in [0.15, 0.2) is 0 Å². The largest absolute Gasteiger partial charge is 0.274 e. The Hall–Kier alpha value is -3.58. The minimum atomic E-state index is 0.408. The van der Waals surface area contributed by atoms with Gasteiger partial charge in [-0.3, -0.25) is 5.10 Å². The molecule has 2 aromatic heterocycles. The Kier molecular flexibility index (Phi) is 4.84. The summed E-state index contributed by atoms with van der Waals surface area (Å²) in [6.45, 7) is 0. The molecule has 0 aliphatic heterocycles. The lowest BCUT2D eigenvalue weighted by Gasteiger charge is -1.96. The van der Waals surface area contributed by atoms with Gasteiger partial charge in [-0.05, 0) is 29.9 Å². The highest BCUT2D eigenvalue weighted by molar-refractivity contribution is 7.71. The summed E-state index contributed by atoms with van der Waals surface area (Å²) in [5.41, 5.74) is 3.68. The Morgan fingerprint density at radius 2 is 1.67 bits per heavy atom. The molecule has 4 aromatic rings. The lowest BCUT2D eigenvalue weighted by molar-refractivity contribution is 0.866. The second-order valence-corrected chi connectivity index (χ2v) is 6.12. The third-order valence-electron chi connectivity index (χ3n) is 3.90. The summed E-state index contributed by atoms with van der Waals surface area (Å²) in [5.74, 6) is 0.569. The number of hydrogen-bond donors (Lipinski definition) is 2. The Morgan fingerprint density at radius 1 is 0.926 bits per heavy atom. The molecule has 7 heteroatoms. The van der Waals surface area contributed by atoms with Gasteiger partial charge in [-0.25, -0.2) is 5.10 Å². The fraction of sp³-hybridized carbons (Fsp3) is 0. The lowest BCUT2D eigenvalue weighted by atomic mass is 10.1. The van der Waals surface area contributed by atoms with Crippen LogP contribution in [0, 0.1) is 4.77 Å². The number of benzene rings is 2. The molecule has 0 spiro atoms. The third-order valence-corrected chi connectivity index (χ3v) is 4.16. The first-order valence-electron chi connectivity index (χ1n) is 8.36. The molecule has 132 valence electrons. The maximum absolute atomic E-state index is 5.29. The predicted octanol–water partition coefficient (Wildman–Crippen LogP) is 4.55. The quantitative estimate of drug-likeness (QED) is 0.399. The van der Waals surface area contributed by atoms with Gasteiger partial charge < -0.3 is 0 Å². The number of aromatic nitrogens is 5. The molecule has 0 saturated carbocycles. The smallest absolute Gasteiger partial charge is 0.216 e. The third kappa shape index (κ3) is 3.83. The molecule has 0 unspecified atom stereocenters. The monoisotopic (exact) mass is 372 g/mol. The van der Waals surface area contributed by atoms with E-state index in [0.29, 0.717) is 10.6 Å². The number of nitrogens with one attached hydrogen (secondary N) is 2. The molecule has 0 fully saturated rings. The number of H-pyrrole nitrogens is 2. The van der Waals surface area contributed by atoms with Crippen molar-refractivity contribution >= 4 is 24.5 Å². The van der Waals surface area contributed by atoms with E-state index in [-0.39, 0.29) is 0 Å². The highest BCUT2D eigenvalue weighted by atomic mass is 32.1. The van der Waals surface area contributed by atoms with Crippen molar-refractivity contribution in [3.05, 3.63) is 83.1 Å². The minimum absolute atomic E-state index is 0.408. The lowest BCUT2D eigenvalue weighted by Crippen LogP contribution is -1.93. The van der Waals surface area contributed by atoms with Crippen LogP contribution in [0.1, 0.15) is 5.56 Å². The molecule has 2 heterocycles. The molecule has 0 atom stereocenters. The van der Waals surface area contributed by atoms with Crippen LogP contribution in [-0.4, -0.2) is 31.3 Å². The molecule has 0 saturated heterocycles. The normalized spacial score (nSPS) is 11.6. The van der Waals surface area contributed by atoms with Crippen LogP contribution in [0.4, 0.5) is 0 Å². The fourth-order valence-corrected chi connectivity index (χ4v) is 2.77. The van der Waals surface area contributed by atoms with Crippen molar-refractivity contribution in [2.24, 2.45) is 5.10 Å². The molecular formula is C20H16N6S. The van der Waals surface area contributed by atoms with Gasteiger partial charge in [-0.15, -0.1) is 0 Å². The first-order valence-corrected chi connectivity index (χ1v) is 8.77. The van der Waals surface area contributed by atoms with Crippen molar-refractivity contribution in [2.75, 3.05) is 0 Å². The summed E-state index contributed by atoms with van der Waals surface area (Å²) in [4.78, 5) is 0. The van der Waals surface area contributed by atoms with Gasteiger partial charge in [-0.2, -0.15) is 20.0 Å². The van der Waals surface area contributed by atoms with Crippen LogP contribution in [0.3, 0.4) is 0 Å². The molecule has 6 nitrogen and oxygen atoms in total. The van der Waals surface area contributed by atoms with Crippen molar-refractivity contribution in [3.8, 4) is 22.8 Å². The van der Waals surface area contributed by atoms with Gasteiger partial charge in [0.1, 0.15) is 5.69 Å². The zero-order chi connectivity index (χ0) is 18.5. The highest BCUT2D eigenvalue weighted by Crippen LogP contribution is 2.22. The van der Waals surface area contributed by atoms with E-state index in [1.165, 1.54) is 0 Å². The zero-order valence-corrected chi connectivity index (χ0v) is 15.1. The summed E-state index contributed by atoms with van der Waals surface area (Å²) in [5, 5.41) is 18.8. The SMILES string of the molecule is S=c1[nH]nc(-c2cc(-c3ccccc3)n[nH]2)n1N=CC=Cc1ccccc1. The zero-order valence-electron chi connectivity index (χ0n) is 14.3. The van der Waals surface area contributed by atoms with Crippen molar-refractivity contribution in [2.45, 2.75) is 0 Å². The maximum Gasteiger partial charge on any atom is 0.216 e. The number of allylic oxidation sites excluding steroid dienone is 1. The molecule has 2 N–H and O–H groups in total. The average Bonchev–Trinajstić information content (AvgIpc) is 3.34. The number of nitrogens with zero attached hydrogens (tertiary/aromatic N) is 4. The van der Waals surface area contributed by atoms with Crippen LogP contribution in [0.2, 0.25) is 0 Å². The van der Waals surface area contributed by atoms with Gasteiger partial charge >= 0.3 is 0 Å². The Bertz CT molecular complexity index is 1140. The molecule has 4 rings (SSSR count). The summed E-state index contributed by atoms with van der Waals surface area (Å²) in [6.07, 6.45) is 5.50. The van der Waals surface area contributed by atoms with Crippen LogP contribution < -0.4 is 0 Å². The topological polar surface area (TPSA) is 74.7 Å². The van der Waals surface area contributed by atoms with E-state index in [4.69, 9.17) is 12.2 Å². The van der Waals surface area contributed by atoms with E-state index in [9.17, 15) is 0 Å². The molecule has 0 bridgehead atoms. The molecule has 27 heavy (non-hydrogen) atoms. The predicted molar refractivity (Wildman–Crippen MR) is 110 cm³/mol. The summed E-state index contributed by atoms with van der Waals surface area (Å²) < 4.78 is 1.97. The van der Waals surface area contributed by atoms with Crippen molar-refractivity contribution in [1.82, 2.24) is 25.1 Å². The van der Waals surface area contributed by atoms with Crippen molar-refractivity contribution < 1.29 is 0 Å². The fourth-order valence-electron chi connectivity index (χ4n) is 2.59. The average molecular weight is 372 g/mol. The maximum atomic E-state index is 5.29. The Morgan fingerprint density at radius 3 is 2.44 bits per heavy atom.